The molecule has 0 aromatic rings. The number of aliphatic hydroxyl groups is 1. The molecule has 0 heterocycles. The Labute approximate surface area is 651 Å². The SMILES string of the molecule is CCCCCCCCCCCCCCCCCCCCCCCCC(=O)O[C@H](COC(=O)CCCCCCCCCCCCCCCCCCCCCCC)COP(=O)(O)OC[C@@H](O)COP(=O)(O)OC[C@@H](COC(=O)CCCCCCCCCCC)OC(=O)CCCCCCCCCCCCC(C)CC. The van der Waals surface area contributed by atoms with Gasteiger partial charge in [-0.05, 0) is 31.6 Å². The molecule has 630 valence electrons. The zero-order valence-electron chi connectivity index (χ0n) is 69.6. The molecular weight excluding hydrogens is 1380 g/mol. The summed E-state index contributed by atoms with van der Waals surface area (Å²) >= 11 is 0. The molecule has 0 radical (unpaired) electrons. The van der Waals surface area contributed by atoms with Crippen LogP contribution in [0.25, 0.3) is 0 Å². The molecule has 0 bridgehead atoms. The first-order valence-corrected chi connectivity index (χ1v) is 48.2. The van der Waals surface area contributed by atoms with Gasteiger partial charge in [-0.25, -0.2) is 9.13 Å². The number of unbranched alkanes of at least 4 members (excludes halogenated alkanes) is 58. The Balaban J connectivity index is 5.19. The van der Waals surface area contributed by atoms with Crippen molar-refractivity contribution in [3.8, 4) is 0 Å². The van der Waals surface area contributed by atoms with Crippen LogP contribution in [-0.4, -0.2) is 96.7 Å². The Morgan fingerprint density at radius 3 is 0.670 bits per heavy atom. The van der Waals surface area contributed by atoms with Crippen molar-refractivity contribution in [2.75, 3.05) is 39.6 Å². The second-order valence-corrected chi connectivity index (χ2v) is 34.4. The normalized spacial score (nSPS) is 14.0. The van der Waals surface area contributed by atoms with Gasteiger partial charge in [0.25, 0.3) is 0 Å². The fraction of sp³-hybridized carbons (Fsp3) is 0.954. The zero-order valence-corrected chi connectivity index (χ0v) is 71.4. The second kappa shape index (κ2) is 79.7. The summed E-state index contributed by atoms with van der Waals surface area (Å²) in [4.78, 5) is 73.2. The van der Waals surface area contributed by atoms with Crippen molar-refractivity contribution in [2.45, 2.75) is 490 Å². The molecule has 0 aliphatic carbocycles. The average Bonchev–Trinajstić information content (AvgIpc) is 0.904. The Morgan fingerprint density at radius 2 is 0.453 bits per heavy atom. The third-order valence-electron chi connectivity index (χ3n) is 20.9. The highest BCUT2D eigenvalue weighted by Crippen LogP contribution is 2.45. The molecule has 0 aromatic heterocycles. The Morgan fingerprint density at radius 1 is 0.264 bits per heavy atom. The number of carbonyl (C=O) groups excluding carboxylic acids is 4. The number of hydrogen-bond donors (Lipinski definition) is 3. The van der Waals surface area contributed by atoms with Gasteiger partial charge in [0, 0.05) is 25.7 Å². The van der Waals surface area contributed by atoms with Crippen molar-refractivity contribution in [3.05, 3.63) is 0 Å². The van der Waals surface area contributed by atoms with Gasteiger partial charge < -0.3 is 33.8 Å². The molecule has 0 saturated carbocycles. The molecule has 6 atom stereocenters. The lowest BCUT2D eigenvalue weighted by Gasteiger charge is -2.21. The predicted molar refractivity (Wildman–Crippen MR) is 437 cm³/mol. The maximum atomic E-state index is 13.2. The van der Waals surface area contributed by atoms with Gasteiger partial charge in [-0.15, -0.1) is 0 Å². The van der Waals surface area contributed by atoms with Crippen LogP contribution in [0.2, 0.25) is 0 Å². The number of rotatable bonds is 87. The van der Waals surface area contributed by atoms with Crippen LogP contribution in [0.5, 0.6) is 0 Å². The van der Waals surface area contributed by atoms with E-state index in [9.17, 15) is 43.2 Å². The van der Waals surface area contributed by atoms with E-state index in [4.69, 9.17) is 37.0 Å². The fourth-order valence-corrected chi connectivity index (χ4v) is 15.2. The van der Waals surface area contributed by atoms with Crippen LogP contribution < -0.4 is 0 Å². The molecule has 0 rings (SSSR count). The molecule has 0 spiro atoms. The minimum Gasteiger partial charge on any atom is -0.462 e. The van der Waals surface area contributed by atoms with Gasteiger partial charge >= 0.3 is 39.5 Å². The third kappa shape index (κ3) is 78.7. The van der Waals surface area contributed by atoms with Gasteiger partial charge in [-0.1, -0.05) is 420 Å². The molecule has 3 unspecified atom stereocenters. The highest BCUT2D eigenvalue weighted by Gasteiger charge is 2.30. The van der Waals surface area contributed by atoms with Crippen LogP contribution in [-0.2, 0) is 65.4 Å². The van der Waals surface area contributed by atoms with E-state index in [1.54, 1.807) is 0 Å². The number of phosphoric ester groups is 2. The summed E-state index contributed by atoms with van der Waals surface area (Å²) in [5, 5.41) is 10.7. The molecular formula is C87H170O17P2. The van der Waals surface area contributed by atoms with Crippen molar-refractivity contribution < 1.29 is 80.2 Å². The second-order valence-electron chi connectivity index (χ2n) is 31.5. The highest BCUT2D eigenvalue weighted by molar-refractivity contribution is 7.47. The summed E-state index contributed by atoms with van der Waals surface area (Å²) in [5.74, 6) is -1.30. The lowest BCUT2D eigenvalue weighted by molar-refractivity contribution is -0.161. The summed E-state index contributed by atoms with van der Waals surface area (Å²) in [6.07, 6.45) is 73.8. The van der Waals surface area contributed by atoms with Crippen LogP contribution in [0.3, 0.4) is 0 Å². The molecule has 3 N–H and O–H groups in total. The van der Waals surface area contributed by atoms with Crippen molar-refractivity contribution in [1.82, 2.24) is 0 Å². The molecule has 17 nitrogen and oxygen atoms in total. The van der Waals surface area contributed by atoms with E-state index in [0.29, 0.717) is 25.7 Å². The number of esters is 4. The summed E-state index contributed by atoms with van der Waals surface area (Å²) in [6, 6.07) is 0. The predicted octanol–water partition coefficient (Wildman–Crippen LogP) is 26.8. The van der Waals surface area contributed by atoms with Gasteiger partial charge in [-0.3, -0.25) is 37.3 Å². The lowest BCUT2D eigenvalue weighted by Crippen LogP contribution is -2.30. The average molecular weight is 1550 g/mol. The third-order valence-corrected chi connectivity index (χ3v) is 22.8. The highest BCUT2D eigenvalue weighted by atomic mass is 31.2. The van der Waals surface area contributed by atoms with Crippen molar-refractivity contribution >= 4 is 39.5 Å². The summed E-state index contributed by atoms with van der Waals surface area (Å²) in [7, 11) is -9.92. The first-order valence-electron chi connectivity index (χ1n) is 45.2. The topological polar surface area (TPSA) is 237 Å². The largest absolute Gasteiger partial charge is 0.472 e. The molecule has 0 aliphatic heterocycles. The smallest absolute Gasteiger partial charge is 0.462 e. The van der Waals surface area contributed by atoms with Crippen LogP contribution in [0.1, 0.15) is 471 Å². The quantitative estimate of drug-likeness (QED) is 0.0222. The number of hydrogen-bond acceptors (Lipinski definition) is 15. The summed E-state index contributed by atoms with van der Waals surface area (Å²) in [5.41, 5.74) is 0. The van der Waals surface area contributed by atoms with Gasteiger partial charge in [0.2, 0.25) is 0 Å². The number of aliphatic hydroxyl groups excluding tert-OH is 1. The number of ether oxygens (including phenoxy) is 4. The molecule has 106 heavy (non-hydrogen) atoms. The van der Waals surface area contributed by atoms with E-state index in [1.165, 1.54) is 295 Å². The van der Waals surface area contributed by atoms with Crippen LogP contribution >= 0.6 is 15.6 Å². The van der Waals surface area contributed by atoms with E-state index in [-0.39, 0.29) is 25.7 Å². The monoisotopic (exact) mass is 1550 g/mol. The van der Waals surface area contributed by atoms with E-state index in [0.717, 1.165) is 95.8 Å². The number of phosphoric acid groups is 2. The number of carbonyl (C=O) groups is 4. The first kappa shape index (κ1) is 104. The van der Waals surface area contributed by atoms with Gasteiger partial charge in [0.1, 0.15) is 19.3 Å². The minimum atomic E-state index is -4.97. The molecule has 19 heteroatoms. The molecule has 0 fully saturated rings. The maximum Gasteiger partial charge on any atom is 0.472 e. The van der Waals surface area contributed by atoms with E-state index in [1.807, 2.05) is 0 Å². The van der Waals surface area contributed by atoms with Gasteiger partial charge in [0.05, 0.1) is 26.4 Å². The summed E-state index contributed by atoms with van der Waals surface area (Å²) < 4.78 is 68.9. The fourth-order valence-electron chi connectivity index (χ4n) is 13.6. The van der Waals surface area contributed by atoms with Gasteiger partial charge in [0.15, 0.2) is 12.2 Å². The van der Waals surface area contributed by atoms with Crippen LogP contribution in [0.15, 0.2) is 0 Å². The lowest BCUT2D eigenvalue weighted by atomic mass is 9.99. The van der Waals surface area contributed by atoms with Gasteiger partial charge in [-0.2, -0.15) is 0 Å². The summed E-state index contributed by atoms with van der Waals surface area (Å²) in [6.45, 7) is 7.36. The maximum absolute atomic E-state index is 13.2. The van der Waals surface area contributed by atoms with Crippen LogP contribution in [0, 0.1) is 5.92 Å². The van der Waals surface area contributed by atoms with E-state index >= 15 is 0 Å². The molecule has 0 aromatic carbocycles. The van der Waals surface area contributed by atoms with Crippen molar-refractivity contribution in [2.24, 2.45) is 5.92 Å². The standard InChI is InChI=1S/C87H170O17P2/c1-6-10-13-16-19-22-24-26-28-30-32-34-36-38-40-42-44-46-52-57-62-67-72-86(91)103-83(77-98-85(90)71-66-61-56-51-45-43-41-39-37-35-33-31-29-27-25-23-20-17-14-11-7-2)79-102-106(95,96)100-75-81(88)74-99-105(93,94)101-78-82(76-97-84(89)70-65-60-55-49-21-18-15-12-8-3)104-87(92)73-68-63-58-53-48-47-50-54-59-64-69-80(5)9-4/h80-83,88H,6-79H2,1-5H3,(H,93,94)(H,95,96)/t80?,81-,82+,83+/m0/s1. The first-order chi connectivity index (χ1) is 51.6. The van der Waals surface area contributed by atoms with Crippen molar-refractivity contribution in [3.63, 3.8) is 0 Å². The molecule has 0 amide bonds. The minimum absolute atomic E-state index is 0.107. The molecule has 0 saturated heterocycles. The zero-order chi connectivity index (χ0) is 77.6. The van der Waals surface area contributed by atoms with E-state index in [2.05, 4.69) is 34.6 Å². The van der Waals surface area contributed by atoms with E-state index < -0.39 is 97.5 Å². The van der Waals surface area contributed by atoms with Crippen LogP contribution in [0.4, 0.5) is 0 Å². The Kier molecular flexibility index (Phi) is 78.2. The Hall–Kier alpha value is -1.94. The Bertz CT molecular complexity index is 2020. The molecule has 0 aliphatic rings. The van der Waals surface area contributed by atoms with Crippen molar-refractivity contribution in [1.29, 1.82) is 0 Å².